The van der Waals surface area contributed by atoms with Gasteiger partial charge in [0.25, 0.3) is 11.5 Å². The van der Waals surface area contributed by atoms with E-state index in [0.29, 0.717) is 48.7 Å². The van der Waals surface area contributed by atoms with Crippen molar-refractivity contribution in [1.82, 2.24) is 24.9 Å². The van der Waals surface area contributed by atoms with Gasteiger partial charge in [0.1, 0.15) is 5.02 Å². The normalized spacial score (nSPS) is 23.4. The first-order valence-electron chi connectivity index (χ1n) is 18.7. The molecule has 3 amide bonds. The number of benzene rings is 2. The van der Waals surface area contributed by atoms with E-state index in [-0.39, 0.29) is 52.5 Å². The number of hydrogen-bond donors (Lipinski definition) is 2. The molecule has 0 radical (unpaired) electrons. The molecule has 4 fully saturated rings. The zero-order chi connectivity index (χ0) is 39.1. The van der Waals surface area contributed by atoms with Crippen molar-refractivity contribution >= 4 is 40.7 Å². The van der Waals surface area contributed by atoms with Gasteiger partial charge < -0.3 is 24.8 Å². The summed E-state index contributed by atoms with van der Waals surface area (Å²) >= 11 is 6.31. The Kier molecular flexibility index (Phi) is 10.9. The standard InChI is InChI=1S/C39H45ClF3N7O5/c1-47-22-27(19-28(23-47)45-30-21-44-48(2)37(54)34(30)40)24-3-5-25(6-4-24)36(53)50-17-13-38(14-18-50)11-15-49(16-12-38)31-9-7-26(20-32(31)55-39(41,42)43)29-8-10-33(51)46-35(29)52/h3-7,9,20-21,27-29,45H,8,10-19,22-23H2,1-2H3,(H,46,51,52). The first-order valence-corrected chi connectivity index (χ1v) is 19.1. The van der Waals surface area contributed by atoms with Crippen molar-refractivity contribution < 1.29 is 32.3 Å². The Morgan fingerprint density at radius 2 is 1.64 bits per heavy atom. The van der Waals surface area contributed by atoms with Gasteiger partial charge in [-0.15, -0.1) is 13.2 Å². The largest absolute Gasteiger partial charge is 0.573 e. The van der Waals surface area contributed by atoms with Gasteiger partial charge in [0.2, 0.25) is 11.8 Å². The van der Waals surface area contributed by atoms with Gasteiger partial charge in [-0.05, 0) is 92.3 Å². The van der Waals surface area contributed by atoms with E-state index in [9.17, 15) is 32.3 Å². The van der Waals surface area contributed by atoms with Crippen LogP contribution in [0.2, 0.25) is 5.02 Å². The smallest absolute Gasteiger partial charge is 0.404 e. The molecule has 0 aliphatic carbocycles. The molecule has 7 rings (SSSR count). The Bertz CT molecular complexity index is 1990. The second-order valence-electron chi connectivity index (χ2n) is 15.5. The molecular formula is C39H45ClF3N7O5. The van der Waals surface area contributed by atoms with Crippen molar-refractivity contribution in [3.63, 3.8) is 0 Å². The van der Waals surface area contributed by atoms with E-state index < -0.39 is 24.1 Å². The number of hydrogen-bond acceptors (Lipinski definition) is 9. The van der Waals surface area contributed by atoms with Crippen LogP contribution in [0.4, 0.5) is 24.5 Å². The van der Waals surface area contributed by atoms with E-state index in [0.717, 1.165) is 50.8 Å². The number of halogens is 4. The summed E-state index contributed by atoms with van der Waals surface area (Å²) in [6.45, 7) is 3.89. The number of nitrogens with zero attached hydrogens (tertiary/aromatic N) is 5. The van der Waals surface area contributed by atoms with E-state index in [1.807, 2.05) is 34.1 Å². The van der Waals surface area contributed by atoms with Gasteiger partial charge in [-0.3, -0.25) is 24.5 Å². The molecule has 2 N–H and O–H groups in total. The summed E-state index contributed by atoms with van der Waals surface area (Å²) in [5.41, 5.74) is 2.59. The van der Waals surface area contributed by atoms with Crippen molar-refractivity contribution in [2.24, 2.45) is 12.5 Å². The summed E-state index contributed by atoms with van der Waals surface area (Å²) < 4.78 is 46.2. The number of nitrogens with one attached hydrogen (secondary N) is 2. The number of aromatic nitrogens is 2. The zero-order valence-electron chi connectivity index (χ0n) is 30.8. The molecule has 4 aliphatic heterocycles. The van der Waals surface area contributed by atoms with Crippen LogP contribution >= 0.6 is 11.6 Å². The van der Waals surface area contributed by atoms with Gasteiger partial charge in [-0.25, -0.2) is 4.68 Å². The summed E-state index contributed by atoms with van der Waals surface area (Å²) in [7, 11) is 3.61. The number of anilines is 2. The van der Waals surface area contributed by atoms with Crippen LogP contribution in [0, 0.1) is 5.41 Å². The molecule has 0 saturated carbocycles. The Balaban J connectivity index is 0.942. The van der Waals surface area contributed by atoms with Crippen LogP contribution in [0.25, 0.3) is 0 Å². The van der Waals surface area contributed by atoms with E-state index >= 15 is 0 Å². The SMILES string of the molecule is CN1CC(Nc2cnn(C)c(=O)c2Cl)CC(c2ccc(C(=O)N3CCC4(CC3)CCN(c3ccc(C5CCC(=O)NC5=O)cc3OC(F)(F)F)CC4)cc2)C1. The lowest BCUT2D eigenvalue weighted by Crippen LogP contribution is -2.48. The predicted molar refractivity (Wildman–Crippen MR) is 200 cm³/mol. The number of rotatable bonds is 7. The molecule has 5 heterocycles. The summed E-state index contributed by atoms with van der Waals surface area (Å²) in [6, 6.07) is 12.4. The average molecular weight is 784 g/mol. The Hall–Kier alpha value is -4.63. The number of likely N-dealkylation sites (N-methyl/N-ethyl adjacent to an activating group) is 1. The minimum absolute atomic E-state index is 0.0145. The van der Waals surface area contributed by atoms with Crippen molar-refractivity contribution in [3.05, 3.63) is 80.7 Å². The monoisotopic (exact) mass is 783 g/mol. The quantitative estimate of drug-likeness (QED) is 0.308. The van der Waals surface area contributed by atoms with Crippen LogP contribution in [0.1, 0.15) is 78.3 Å². The minimum atomic E-state index is -4.92. The molecule has 1 aromatic heterocycles. The van der Waals surface area contributed by atoms with Crippen LogP contribution in [0.5, 0.6) is 5.75 Å². The highest BCUT2D eigenvalue weighted by atomic mass is 35.5. The minimum Gasteiger partial charge on any atom is -0.404 e. The van der Waals surface area contributed by atoms with E-state index in [4.69, 9.17) is 11.6 Å². The van der Waals surface area contributed by atoms with Crippen molar-refractivity contribution in [1.29, 1.82) is 0 Å². The van der Waals surface area contributed by atoms with Crippen molar-refractivity contribution in [3.8, 4) is 5.75 Å². The number of likely N-dealkylation sites (tertiary alicyclic amines) is 2. The first kappa shape index (κ1) is 38.6. The van der Waals surface area contributed by atoms with Crippen molar-refractivity contribution in [2.45, 2.75) is 69.2 Å². The highest BCUT2D eigenvalue weighted by Gasteiger charge is 2.41. The van der Waals surface area contributed by atoms with Crippen LogP contribution < -0.4 is 25.8 Å². The molecule has 4 aliphatic rings. The molecule has 2 aromatic carbocycles. The molecule has 3 aromatic rings. The van der Waals surface area contributed by atoms with Gasteiger partial charge in [0.05, 0.1) is 23.5 Å². The third-order valence-electron chi connectivity index (χ3n) is 11.8. The molecule has 3 atom stereocenters. The summed E-state index contributed by atoms with van der Waals surface area (Å²) in [5, 5.41) is 9.87. The maximum atomic E-state index is 13.6. The van der Waals surface area contributed by atoms with Gasteiger partial charge in [-0.2, -0.15) is 5.10 Å². The molecule has 1 spiro atoms. The van der Waals surface area contributed by atoms with Crippen molar-refractivity contribution in [2.75, 3.05) is 56.5 Å². The molecule has 12 nitrogen and oxygen atoms in total. The molecule has 55 heavy (non-hydrogen) atoms. The Labute approximate surface area is 321 Å². The molecule has 3 unspecified atom stereocenters. The number of amides is 3. The number of piperidine rings is 4. The predicted octanol–water partition coefficient (Wildman–Crippen LogP) is 5.28. The lowest BCUT2D eigenvalue weighted by molar-refractivity contribution is -0.274. The molecule has 16 heteroatoms. The lowest BCUT2D eigenvalue weighted by Gasteiger charge is -2.47. The Morgan fingerprint density at radius 3 is 2.31 bits per heavy atom. The average Bonchev–Trinajstić information content (AvgIpc) is 3.15. The maximum absolute atomic E-state index is 13.6. The first-order chi connectivity index (χ1) is 26.2. The fraction of sp³-hybridized carbons (Fsp3) is 0.513. The molecular weight excluding hydrogens is 739 g/mol. The summed E-state index contributed by atoms with van der Waals surface area (Å²) in [5.74, 6) is -1.82. The highest BCUT2D eigenvalue weighted by Crippen LogP contribution is 2.45. The van der Waals surface area contributed by atoms with Gasteiger partial charge in [-0.1, -0.05) is 29.8 Å². The van der Waals surface area contributed by atoms with Crippen LogP contribution in [0.15, 0.2) is 53.5 Å². The topological polar surface area (TPSA) is 129 Å². The third-order valence-corrected chi connectivity index (χ3v) is 12.2. The van der Waals surface area contributed by atoms with Gasteiger partial charge in [0.15, 0.2) is 5.75 Å². The van der Waals surface area contributed by atoms with Crippen LogP contribution in [0.3, 0.4) is 0 Å². The lowest BCUT2D eigenvalue weighted by atomic mass is 9.71. The third kappa shape index (κ3) is 8.62. The van der Waals surface area contributed by atoms with Crippen LogP contribution in [-0.4, -0.2) is 96.0 Å². The maximum Gasteiger partial charge on any atom is 0.573 e. The summed E-state index contributed by atoms with van der Waals surface area (Å²) in [6.07, 6.45) is 0.949. The number of alkyl halides is 3. The number of aryl methyl sites for hydroxylation is 1. The fourth-order valence-electron chi connectivity index (χ4n) is 8.71. The zero-order valence-corrected chi connectivity index (χ0v) is 31.6. The fourth-order valence-corrected chi connectivity index (χ4v) is 8.94. The van der Waals surface area contributed by atoms with E-state index in [2.05, 4.69) is 32.4 Å². The van der Waals surface area contributed by atoms with Gasteiger partial charge >= 0.3 is 6.36 Å². The van der Waals surface area contributed by atoms with E-state index in [1.54, 1.807) is 25.4 Å². The highest BCUT2D eigenvalue weighted by molar-refractivity contribution is 6.32. The second-order valence-corrected chi connectivity index (χ2v) is 15.9. The summed E-state index contributed by atoms with van der Waals surface area (Å²) in [4.78, 5) is 55.9. The molecule has 4 saturated heterocycles. The number of carbonyl (C=O) groups is 3. The van der Waals surface area contributed by atoms with E-state index in [1.165, 1.54) is 10.7 Å². The second kappa shape index (κ2) is 15.5. The molecule has 0 bridgehead atoms. The number of carbonyl (C=O) groups excluding carboxylic acids is 3. The molecule has 294 valence electrons. The Morgan fingerprint density at radius 1 is 0.964 bits per heavy atom. The van der Waals surface area contributed by atoms with Crippen LogP contribution in [-0.2, 0) is 16.6 Å². The van der Waals surface area contributed by atoms with Gasteiger partial charge in [0, 0.05) is 64.3 Å². The number of imide groups is 1. The number of ether oxygens (including phenoxy) is 1.